The first-order chi connectivity index (χ1) is 8.47. The normalized spacial score (nSPS) is 10.1. The Morgan fingerprint density at radius 3 is 2.28 bits per heavy atom. The van der Waals surface area contributed by atoms with E-state index in [2.05, 4.69) is 5.32 Å². The van der Waals surface area contributed by atoms with Crippen LogP contribution >= 0.6 is 0 Å². The summed E-state index contributed by atoms with van der Waals surface area (Å²) >= 11 is 0. The van der Waals surface area contributed by atoms with Crippen molar-refractivity contribution in [1.82, 2.24) is 5.32 Å². The highest BCUT2D eigenvalue weighted by Gasteiger charge is 2.05. The van der Waals surface area contributed by atoms with Crippen molar-refractivity contribution in [3.8, 4) is 0 Å². The third kappa shape index (κ3) is 4.93. The number of carboxylic acids is 1. The predicted molar refractivity (Wildman–Crippen MR) is 65.1 cm³/mol. The van der Waals surface area contributed by atoms with E-state index in [9.17, 15) is 14.4 Å². The fourth-order valence-electron chi connectivity index (χ4n) is 1.10. The minimum atomic E-state index is -1.26. The Hall–Kier alpha value is -2.63. The smallest absolute Gasteiger partial charge is 0.328 e. The summed E-state index contributed by atoms with van der Waals surface area (Å²) in [4.78, 5) is 32.6. The van der Waals surface area contributed by atoms with Crippen LogP contribution in [-0.2, 0) is 9.59 Å². The highest BCUT2D eigenvalue weighted by atomic mass is 16.4. The van der Waals surface area contributed by atoms with E-state index in [1.165, 1.54) is 0 Å². The van der Waals surface area contributed by atoms with Gasteiger partial charge in [-0.3, -0.25) is 10.1 Å². The predicted octanol–water partition coefficient (Wildman–Crippen LogP) is 1.28. The lowest BCUT2D eigenvalue weighted by molar-refractivity contribution is -0.131. The minimum Gasteiger partial charge on any atom is -0.478 e. The third-order valence-corrected chi connectivity index (χ3v) is 1.92. The van der Waals surface area contributed by atoms with Gasteiger partial charge in [-0.2, -0.15) is 0 Å². The molecule has 0 aliphatic heterocycles. The molecule has 0 aliphatic carbocycles. The summed E-state index contributed by atoms with van der Waals surface area (Å²) in [5, 5.41) is 12.7. The first-order valence-electron chi connectivity index (χ1n) is 5.07. The number of nitrogens with one attached hydrogen (secondary N) is 2. The molecule has 0 aliphatic rings. The van der Waals surface area contributed by atoms with Gasteiger partial charge in [-0.25, -0.2) is 9.59 Å². The van der Waals surface area contributed by atoms with Gasteiger partial charge in [0.2, 0.25) is 0 Å². The fourth-order valence-corrected chi connectivity index (χ4v) is 1.10. The Labute approximate surface area is 103 Å². The number of amides is 3. The van der Waals surface area contributed by atoms with Gasteiger partial charge in [0, 0.05) is 17.8 Å². The number of aliphatic carboxylic acids is 1. The monoisotopic (exact) mass is 248 g/mol. The molecule has 0 unspecified atom stereocenters. The number of anilines is 1. The van der Waals surface area contributed by atoms with Crippen molar-refractivity contribution >= 4 is 23.6 Å². The van der Waals surface area contributed by atoms with Crippen LogP contribution in [0.3, 0.4) is 0 Å². The second-order valence-electron chi connectivity index (χ2n) is 3.48. The maximum absolute atomic E-state index is 11.3. The molecule has 1 aromatic rings. The van der Waals surface area contributed by atoms with Crippen molar-refractivity contribution in [2.45, 2.75) is 6.92 Å². The number of carbonyl (C=O) groups is 3. The SMILES string of the molecule is Cc1ccc(NC(=O)NC(=O)/C=C/C(=O)O)cc1. The molecule has 94 valence electrons. The van der Waals surface area contributed by atoms with E-state index in [-0.39, 0.29) is 0 Å². The van der Waals surface area contributed by atoms with E-state index >= 15 is 0 Å². The lowest BCUT2D eigenvalue weighted by Crippen LogP contribution is -2.33. The Bertz CT molecular complexity index is 491. The van der Waals surface area contributed by atoms with Crippen LogP contribution < -0.4 is 10.6 Å². The molecule has 0 saturated carbocycles. The number of carboxylic acid groups (broad SMARTS) is 1. The number of benzene rings is 1. The number of urea groups is 1. The molecule has 3 amide bonds. The lowest BCUT2D eigenvalue weighted by Gasteiger charge is -2.05. The zero-order valence-electron chi connectivity index (χ0n) is 9.64. The van der Waals surface area contributed by atoms with Crippen LogP contribution in [0.2, 0.25) is 0 Å². The number of aryl methyl sites for hydroxylation is 1. The van der Waals surface area contributed by atoms with Crippen molar-refractivity contribution in [3.05, 3.63) is 42.0 Å². The number of hydrogen-bond acceptors (Lipinski definition) is 3. The lowest BCUT2D eigenvalue weighted by atomic mass is 10.2. The third-order valence-electron chi connectivity index (χ3n) is 1.92. The largest absolute Gasteiger partial charge is 0.478 e. The van der Waals surface area contributed by atoms with Crippen LogP contribution in [0.4, 0.5) is 10.5 Å². The maximum Gasteiger partial charge on any atom is 0.328 e. The molecule has 0 fully saturated rings. The molecule has 0 saturated heterocycles. The van der Waals surface area contributed by atoms with E-state index < -0.39 is 17.9 Å². The van der Waals surface area contributed by atoms with Crippen LogP contribution in [0.25, 0.3) is 0 Å². The summed E-state index contributed by atoms with van der Waals surface area (Å²) in [6, 6.07) is 6.27. The molecular formula is C12H12N2O4. The maximum atomic E-state index is 11.3. The van der Waals surface area contributed by atoms with E-state index in [0.717, 1.165) is 11.6 Å². The molecule has 0 heterocycles. The van der Waals surface area contributed by atoms with Crippen LogP contribution in [0.15, 0.2) is 36.4 Å². The molecule has 0 bridgehead atoms. The molecule has 1 rings (SSSR count). The molecule has 18 heavy (non-hydrogen) atoms. The molecule has 0 radical (unpaired) electrons. The molecular weight excluding hydrogens is 236 g/mol. The van der Waals surface area contributed by atoms with Crippen LogP contribution in [0.1, 0.15) is 5.56 Å². The molecule has 6 heteroatoms. The summed E-state index contributed by atoms with van der Waals surface area (Å²) in [5.41, 5.74) is 1.58. The molecule has 0 atom stereocenters. The van der Waals surface area contributed by atoms with Gasteiger partial charge in [0.05, 0.1) is 0 Å². The van der Waals surface area contributed by atoms with Crippen molar-refractivity contribution in [2.75, 3.05) is 5.32 Å². The van der Waals surface area contributed by atoms with Gasteiger partial charge in [0.25, 0.3) is 5.91 Å². The molecule has 0 aromatic heterocycles. The van der Waals surface area contributed by atoms with Crippen molar-refractivity contribution in [3.63, 3.8) is 0 Å². The standard InChI is InChI=1S/C12H12N2O4/c1-8-2-4-9(5-3-8)13-12(18)14-10(15)6-7-11(16)17/h2-7H,1H3,(H,16,17)(H2,13,14,15,18)/b7-6+. The summed E-state index contributed by atoms with van der Waals surface area (Å²) in [7, 11) is 0. The summed E-state index contributed by atoms with van der Waals surface area (Å²) in [5.74, 6) is -2.06. The van der Waals surface area contributed by atoms with Gasteiger partial charge >= 0.3 is 12.0 Å². The fraction of sp³-hybridized carbons (Fsp3) is 0.0833. The van der Waals surface area contributed by atoms with Crippen LogP contribution in [0.5, 0.6) is 0 Å². The summed E-state index contributed by atoms with van der Waals surface area (Å²) < 4.78 is 0. The van der Waals surface area contributed by atoms with Crippen LogP contribution in [-0.4, -0.2) is 23.0 Å². The van der Waals surface area contributed by atoms with Gasteiger partial charge in [0.1, 0.15) is 0 Å². The van der Waals surface area contributed by atoms with Gasteiger partial charge < -0.3 is 10.4 Å². The van der Waals surface area contributed by atoms with Crippen molar-refractivity contribution in [2.24, 2.45) is 0 Å². The Kier molecular flexibility index (Phi) is 4.62. The van der Waals surface area contributed by atoms with Gasteiger partial charge in [-0.05, 0) is 19.1 Å². The summed E-state index contributed by atoms with van der Waals surface area (Å²) in [6.45, 7) is 1.91. The van der Waals surface area contributed by atoms with Gasteiger partial charge in [-0.15, -0.1) is 0 Å². The zero-order valence-corrected chi connectivity index (χ0v) is 9.64. The average molecular weight is 248 g/mol. The molecule has 3 N–H and O–H groups in total. The second kappa shape index (κ2) is 6.19. The minimum absolute atomic E-state index is 0.535. The van der Waals surface area contributed by atoms with E-state index in [4.69, 9.17) is 5.11 Å². The van der Waals surface area contributed by atoms with Gasteiger partial charge in [-0.1, -0.05) is 17.7 Å². The highest BCUT2D eigenvalue weighted by Crippen LogP contribution is 2.07. The zero-order chi connectivity index (χ0) is 13.5. The van der Waals surface area contributed by atoms with E-state index in [1.54, 1.807) is 12.1 Å². The number of rotatable bonds is 3. The quantitative estimate of drug-likeness (QED) is 0.702. The first kappa shape index (κ1) is 13.4. The van der Waals surface area contributed by atoms with Gasteiger partial charge in [0.15, 0.2) is 0 Å². The molecule has 6 nitrogen and oxygen atoms in total. The second-order valence-corrected chi connectivity index (χ2v) is 3.48. The number of carbonyl (C=O) groups excluding carboxylic acids is 2. The van der Waals surface area contributed by atoms with Crippen LogP contribution in [0, 0.1) is 6.92 Å². The topological polar surface area (TPSA) is 95.5 Å². The summed E-state index contributed by atoms with van der Waals surface area (Å²) in [6.07, 6.45) is 1.41. The number of imide groups is 1. The van der Waals surface area contributed by atoms with Crippen molar-refractivity contribution in [1.29, 1.82) is 0 Å². The Morgan fingerprint density at radius 1 is 1.11 bits per heavy atom. The average Bonchev–Trinajstić information content (AvgIpc) is 2.29. The Morgan fingerprint density at radius 2 is 1.72 bits per heavy atom. The molecule has 1 aromatic carbocycles. The molecule has 0 spiro atoms. The van der Waals surface area contributed by atoms with E-state index in [1.807, 2.05) is 24.4 Å². The first-order valence-corrected chi connectivity index (χ1v) is 5.07. The number of hydrogen-bond donors (Lipinski definition) is 3. The van der Waals surface area contributed by atoms with E-state index in [0.29, 0.717) is 11.8 Å². The van der Waals surface area contributed by atoms with Crippen molar-refractivity contribution < 1.29 is 19.5 Å². The highest BCUT2D eigenvalue weighted by molar-refractivity contribution is 6.06. The Balaban J connectivity index is 2.49.